The maximum atomic E-state index is 12.7. The standard InChI is InChI=1S/C18H17F3N2O3/c1-2-13-6-4-8-23(13)17(24)15-10-26-16(22-15)11-25-14-7-3-5-12(9-14)18(19,20)21/h3-7,9-10,13H,2,8,11H2,1H3/t13-/m0/s1. The smallest absolute Gasteiger partial charge is 0.416 e. The van der Waals surface area contributed by atoms with Crippen LogP contribution in [0.3, 0.4) is 0 Å². The predicted octanol–water partition coefficient (Wildman–Crippen LogP) is 4.06. The molecule has 3 rings (SSSR count). The van der Waals surface area contributed by atoms with Crippen LogP contribution in [0.4, 0.5) is 13.2 Å². The number of carbonyl (C=O) groups is 1. The fraction of sp³-hybridized carbons (Fsp3) is 0.333. The average Bonchev–Trinajstić information content (AvgIpc) is 3.28. The van der Waals surface area contributed by atoms with Crippen molar-refractivity contribution >= 4 is 5.91 Å². The monoisotopic (exact) mass is 366 g/mol. The third kappa shape index (κ3) is 3.89. The molecule has 26 heavy (non-hydrogen) atoms. The lowest BCUT2D eigenvalue weighted by molar-refractivity contribution is -0.137. The molecule has 0 bridgehead atoms. The van der Waals surface area contributed by atoms with Crippen LogP contribution in [0.15, 0.2) is 47.1 Å². The summed E-state index contributed by atoms with van der Waals surface area (Å²) in [5.74, 6) is -0.0948. The summed E-state index contributed by atoms with van der Waals surface area (Å²) in [6.07, 6.45) is 1.48. The van der Waals surface area contributed by atoms with Crippen molar-refractivity contribution in [1.82, 2.24) is 9.88 Å². The summed E-state index contributed by atoms with van der Waals surface area (Å²) in [5.41, 5.74) is -0.653. The van der Waals surface area contributed by atoms with Crippen molar-refractivity contribution in [3.63, 3.8) is 0 Å². The molecule has 8 heteroatoms. The Hall–Kier alpha value is -2.77. The molecule has 0 unspecified atom stereocenters. The Kier molecular flexibility index (Phi) is 5.01. The number of rotatable bonds is 5. The third-order valence-corrected chi connectivity index (χ3v) is 4.03. The van der Waals surface area contributed by atoms with Gasteiger partial charge < -0.3 is 14.1 Å². The summed E-state index contributed by atoms with van der Waals surface area (Å²) in [5, 5.41) is 0. The van der Waals surface area contributed by atoms with E-state index < -0.39 is 11.7 Å². The molecule has 1 amide bonds. The largest absolute Gasteiger partial charge is 0.484 e. The van der Waals surface area contributed by atoms with E-state index in [-0.39, 0.29) is 35.9 Å². The van der Waals surface area contributed by atoms with Crippen molar-refractivity contribution in [2.24, 2.45) is 0 Å². The van der Waals surface area contributed by atoms with Crippen LogP contribution in [0.5, 0.6) is 5.75 Å². The van der Waals surface area contributed by atoms with E-state index in [9.17, 15) is 18.0 Å². The summed E-state index contributed by atoms with van der Waals surface area (Å²) < 4.78 is 48.6. The number of hydrogen-bond donors (Lipinski definition) is 0. The minimum atomic E-state index is -4.44. The van der Waals surface area contributed by atoms with Gasteiger partial charge in [-0.15, -0.1) is 0 Å². The van der Waals surface area contributed by atoms with Crippen LogP contribution in [0.25, 0.3) is 0 Å². The van der Waals surface area contributed by atoms with E-state index >= 15 is 0 Å². The van der Waals surface area contributed by atoms with Gasteiger partial charge in [0, 0.05) is 6.54 Å². The molecule has 5 nitrogen and oxygen atoms in total. The van der Waals surface area contributed by atoms with E-state index in [1.165, 1.54) is 18.4 Å². The first-order valence-electron chi connectivity index (χ1n) is 8.10. The molecule has 1 atom stereocenters. The number of amides is 1. The molecule has 0 saturated carbocycles. The van der Waals surface area contributed by atoms with E-state index in [0.717, 1.165) is 18.6 Å². The molecule has 138 valence electrons. The van der Waals surface area contributed by atoms with E-state index in [2.05, 4.69) is 4.98 Å². The zero-order chi connectivity index (χ0) is 18.7. The lowest BCUT2D eigenvalue weighted by Gasteiger charge is -2.22. The summed E-state index contributed by atoms with van der Waals surface area (Å²) in [7, 11) is 0. The van der Waals surface area contributed by atoms with Gasteiger partial charge in [-0.2, -0.15) is 13.2 Å². The number of halogens is 3. The molecule has 1 aliphatic heterocycles. The van der Waals surface area contributed by atoms with Crippen LogP contribution in [-0.4, -0.2) is 28.4 Å². The molecule has 0 N–H and O–H groups in total. The summed E-state index contributed by atoms with van der Waals surface area (Å²) >= 11 is 0. The van der Waals surface area contributed by atoms with Crippen LogP contribution in [-0.2, 0) is 12.8 Å². The Morgan fingerprint density at radius 3 is 2.96 bits per heavy atom. The number of carbonyl (C=O) groups excluding carboxylic acids is 1. The van der Waals surface area contributed by atoms with E-state index in [1.54, 1.807) is 4.90 Å². The maximum absolute atomic E-state index is 12.7. The number of hydrogen-bond acceptors (Lipinski definition) is 4. The molecule has 1 aromatic heterocycles. The van der Waals surface area contributed by atoms with E-state index in [0.29, 0.717) is 6.54 Å². The fourth-order valence-electron chi connectivity index (χ4n) is 2.69. The van der Waals surface area contributed by atoms with Gasteiger partial charge >= 0.3 is 6.18 Å². The third-order valence-electron chi connectivity index (χ3n) is 4.03. The van der Waals surface area contributed by atoms with Gasteiger partial charge in [-0.3, -0.25) is 4.79 Å². The highest BCUT2D eigenvalue weighted by Crippen LogP contribution is 2.31. The van der Waals surface area contributed by atoms with Crippen LogP contribution in [0.1, 0.15) is 35.3 Å². The highest BCUT2D eigenvalue weighted by atomic mass is 19.4. The summed E-state index contributed by atoms with van der Waals surface area (Å²) in [6.45, 7) is 2.32. The van der Waals surface area contributed by atoms with Gasteiger partial charge in [0.05, 0.1) is 11.6 Å². The highest BCUT2D eigenvalue weighted by molar-refractivity contribution is 5.92. The van der Waals surface area contributed by atoms with Crippen LogP contribution in [0.2, 0.25) is 0 Å². The SMILES string of the molecule is CC[C@H]1C=CCN1C(=O)c1coc(COc2cccc(C(F)(F)F)c2)n1. The maximum Gasteiger partial charge on any atom is 0.416 e. The van der Waals surface area contributed by atoms with E-state index in [1.807, 2.05) is 19.1 Å². The van der Waals surface area contributed by atoms with Gasteiger partial charge in [-0.25, -0.2) is 4.98 Å². The van der Waals surface area contributed by atoms with Crippen LogP contribution in [0, 0.1) is 0 Å². The van der Waals surface area contributed by atoms with Gasteiger partial charge in [0.15, 0.2) is 12.3 Å². The van der Waals surface area contributed by atoms with Crippen molar-refractivity contribution in [3.8, 4) is 5.75 Å². The molecule has 0 saturated heterocycles. The molecule has 1 aromatic carbocycles. The van der Waals surface area contributed by atoms with Gasteiger partial charge in [-0.05, 0) is 24.6 Å². The van der Waals surface area contributed by atoms with Crippen molar-refractivity contribution < 1.29 is 27.1 Å². The fourth-order valence-corrected chi connectivity index (χ4v) is 2.69. The Morgan fingerprint density at radius 1 is 1.42 bits per heavy atom. The average molecular weight is 366 g/mol. The second-order valence-electron chi connectivity index (χ2n) is 5.80. The lowest BCUT2D eigenvalue weighted by atomic mass is 10.2. The number of nitrogens with zero attached hydrogens (tertiary/aromatic N) is 2. The summed E-state index contributed by atoms with van der Waals surface area (Å²) in [6, 6.07) is 4.56. The van der Waals surface area contributed by atoms with Gasteiger partial charge in [0.1, 0.15) is 12.0 Å². The second-order valence-corrected chi connectivity index (χ2v) is 5.80. The molecule has 2 heterocycles. The van der Waals surface area contributed by atoms with Gasteiger partial charge in [0.25, 0.3) is 5.91 Å². The highest BCUT2D eigenvalue weighted by Gasteiger charge is 2.30. The molecule has 0 radical (unpaired) electrons. The molecule has 2 aromatic rings. The summed E-state index contributed by atoms with van der Waals surface area (Å²) in [4.78, 5) is 18.2. The normalized spacial score (nSPS) is 16.9. The van der Waals surface area contributed by atoms with Crippen molar-refractivity contribution in [2.45, 2.75) is 32.2 Å². The van der Waals surface area contributed by atoms with E-state index in [4.69, 9.17) is 9.15 Å². The zero-order valence-electron chi connectivity index (χ0n) is 14.0. The quantitative estimate of drug-likeness (QED) is 0.749. The topological polar surface area (TPSA) is 55.6 Å². The first-order valence-corrected chi connectivity index (χ1v) is 8.10. The number of alkyl halides is 3. The van der Waals surface area contributed by atoms with Crippen molar-refractivity contribution in [2.75, 3.05) is 6.54 Å². The minimum absolute atomic E-state index is 0.0315. The van der Waals surface area contributed by atoms with Gasteiger partial charge in [0.2, 0.25) is 5.89 Å². The lowest BCUT2D eigenvalue weighted by Crippen LogP contribution is -2.35. The Bertz CT molecular complexity index is 814. The molecule has 0 aliphatic carbocycles. The molecule has 0 spiro atoms. The van der Waals surface area contributed by atoms with Crippen LogP contribution < -0.4 is 4.74 Å². The number of oxazole rings is 1. The first-order chi connectivity index (χ1) is 12.4. The number of ether oxygens (including phenoxy) is 1. The first kappa shape index (κ1) is 18.0. The molecule has 0 fully saturated rings. The van der Waals surface area contributed by atoms with Gasteiger partial charge in [-0.1, -0.05) is 25.1 Å². The van der Waals surface area contributed by atoms with Crippen LogP contribution >= 0.6 is 0 Å². The predicted molar refractivity (Wildman–Crippen MR) is 86.5 cm³/mol. The minimum Gasteiger partial charge on any atom is -0.484 e. The Morgan fingerprint density at radius 2 is 2.23 bits per heavy atom. The molecule has 1 aliphatic rings. The molecular weight excluding hydrogens is 349 g/mol. The second kappa shape index (κ2) is 7.23. The van der Waals surface area contributed by atoms with Crippen molar-refractivity contribution in [3.05, 3.63) is 59.8 Å². The number of benzene rings is 1. The van der Waals surface area contributed by atoms with Crippen molar-refractivity contribution in [1.29, 1.82) is 0 Å². The Balaban J connectivity index is 1.63. The molecular formula is C18H17F3N2O3. The number of aromatic nitrogens is 1. The Labute approximate surface area is 148 Å². The zero-order valence-corrected chi connectivity index (χ0v) is 14.0.